The number of nitrogens with zero attached hydrogens (tertiary/aromatic N) is 1. The summed E-state index contributed by atoms with van der Waals surface area (Å²) in [7, 11) is 0. The van der Waals surface area contributed by atoms with Gasteiger partial charge in [0.25, 0.3) is 0 Å². The molecule has 3 aromatic carbocycles. The highest BCUT2D eigenvalue weighted by atomic mass is 14.9. The highest BCUT2D eigenvalue weighted by molar-refractivity contribution is 6.08. The topological polar surface area (TPSA) is 3.88 Å². The van der Waals surface area contributed by atoms with Crippen LogP contribution in [0.15, 0.2) is 79.1 Å². The quantitative estimate of drug-likeness (QED) is 0.352. The summed E-state index contributed by atoms with van der Waals surface area (Å²) in [6, 6.07) is 23.5. The normalized spacial score (nSPS) is 11.1. The molecule has 4 aromatic rings. The third-order valence-electron chi connectivity index (χ3n) is 4.15. The standard InChI is InChI=1S/C20H16N/c1-15-16-9-3-5-11-18(16)20(21-13-7-2-8-14-21)19-12-6-4-10-17(15)19/h2-14H,1H3/q+1. The van der Waals surface area contributed by atoms with Crippen molar-refractivity contribution in [2.24, 2.45) is 0 Å². The van der Waals surface area contributed by atoms with E-state index in [0.717, 1.165) is 0 Å². The monoisotopic (exact) mass is 270 g/mol. The molecule has 0 radical (unpaired) electrons. The second-order valence-electron chi connectivity index (χ2n) is 5.35. The maximum absolute atomic E-state index is 2.21. The molecular formula is C20H16N+. The van der Waals surface area contributed by atoms with Gasteiger partial charge in [-0.3, -0.25) is 0 Å². The molecule has 0 spiro atoms. The van der Waals surface area contributed by atoms with Crippen LogP contribution in [0.3, 0.4) is 0 Å². The molecule has 0 aliphatic rings. The van der Waals surface area contributed by atoms with Gasteiger partial charge >= 0.3 is 0 Å². The number of aryl methyl sites for hydroxylation is 1. The van der Waals surface area contributed by atoms with Crippen LogP contribution in [0.5, 0.6) is 0 Å². The zero-order valence-corrected chi connectivity index (χ0v) is 12.0. The van der Waals surface area contributed by atoms with E-state index < -0.39 is 0 Å². The first-order chi connectivity index (χ1) is 10.4. The van der Waals surface area contributed by atoms with Crippen LogP contribution in [-0.4, -0.2) is 0 Å². The van der Waals surface area contributed by atoms with Gasteiger partial charge in [-0.15, -0.1) is 0 Å². The molecule has 100 valence electrons. The smallest absolute Gasteiger partial charge is 0.166 e. The summed E-state index contributed by atoms with van der Waals surface area (Å²) in [5.41, 5.74) is 2.61. The van der Waals surface area contributed by atoms with Gasteiger partial charge in [-0.05, 0) is 35.4 Å². The molecule has 0 aliphatic heterocycles. The predicted molar refractivity (Wildman–Crippen MR) is 87.7 cm³/mol. The van der Waals surface area contributed by atoms with Crippen LogP contribution in [0.1, 0.15) is 5.56 Å². The Morgan fingerprint density at radius 3 is 1.57 bits per heavy atom. The first-order valence-electron chi connectivity index (χ1n) is 7.23. The summed E-state index contributed by atoms with van der Waals surface area (Å²) in [4.78, 5) is 0. The van der Waals surface area contributed by atoms with Crippen molar-refractivity contribution in [1.82, 2.24) is 0 Å². The predicted octanol–water partition coefficient (Wildman–Crippen LogP) is 4.58. The summed E-state index contributed by atoms with van der Waals surface area (Å²) >= 11 is 0. The van der Waals surface area contributed by atoms with E-state index in [1.165, 1.54) is 32.8 Å². The van der Waals surface area contributed by atoms with Crippen molar-refractivity contribution in [3.63, 3.8) is 0 Å². The van der Waals surface area contributed by atoms with Gasteiger partial charge in [0.2, 0.25) is 5.69 Å². The Bertz CT molecular complexity index is 883. The van der Waals surface area contributed by atoms with Crippen molar-refractivity contribution in [2.75, 3.05) is 0 Å². The molecule has 4 rings (SSSR count). The number of hydrogen-bond donors (Lipinski definition) is 0. The minimum Gasteiger partial charge on any atom is -0.166 e. The summed E-state index contributed by atoms with van der Waals surface area (Å²) in [6.07, 6.45) is 4.23. The second-order valence-corrected chi connectivity index (χ2v) is 5.35. The van der Waals surface area contributed by atoms with Crippen LogP contribution in [-0.2, 0) is 0 Å². The summed E-state index contributed by atoms with van der Waals surface area (Å²) in [6.45, 7) is 2.21. The lowest BCUT2D eigenvalue weighted by molar-refractivity contribution is -0.592. The van der Waals surface area contributed by atoms with Crippen molar-refractivity contribution in [3.05, 3.63) is 84.7 Å². The van der Waals surface area contributed by atoms with Gasteiger partial charge in [-0.1, -0.05) is 42.5 Å². The Kier molecular flexibility index (Phi) is 2.71. The second kappa shape index (κ2) is 4.71. The first kappa shape index (κ1) is 12.1. The number of rotatable bonds is 1. The molecule has 0 N–H and O–H groups in total. The SMILES string of the molecule is Cc1c2ccccc2c(-[n+]2ccccc2)c2ccccc12. The molecule has 21 heavy (non-hydrogen) atoms. The van der Waals surface area contributed by atoms with Crippen LogP contribution >= 0.6 is 0 Å². The Morgan fingerprint density at radius 2 is 1.05 bits per heavy atom. The van der Waals surface area contributed by atoms with Gasteiger partial charge in [0, 0.05) is 12.1 Å². The van der Waals surface area contributed by atoms with E-state index in [0.29, 0.717) is 0 Å². The molecule has 1 aromatic heterocycles. The minimum absolute atomic E-state index is 1.26. The van der Waals surface area contributed by atoms with E-state index in [9.17, 15) is 0 Å². The number of pyridine rings is 1. The highest BCUT2D eigenvalue weighted by Gasteiger charge is 2.17. The summed E-state index contributed by atoms with van der Waals surface area (Å²) in [5.74, 6) is 0. The maximum Gasteiger partial charge on any atom is 0.226 e. The van der Waals surface area contributed by atoms with Crippen LogP contribution in [0, 0.1) is 6.92 Å². The Hall–Kier alpha value is -2.67. The zero-order chi connectivity index (χ0) is 14.2. The molecule has 0 unspecified atom stereocenters. The lowest BCUT2D eigenvalue weighted by Crippen LogP contribution is -2.29. The van der Waals surface area contributed by atoms with Crippen molar-refractivity contribution >= 4 is 21.5 Å². The Labute approximate surface area is 124 Å². The minimum atomic E-state index is 1.26. The first-order valence-corrected chi connectivity index (χ1v) is 7.23. The molecule has 0 saturated carbocycles. The van der Waals surface area contributed by atoms with E-state index in [1.54, 1.807) is 0 Å². The maximum atomic E-state index is 2.21. The third kappa shape index (κ3) is 1.82. The molecular weight excluding hydrogens is 254 g/mol. The number of benzene rings is 3. The largest absolute Gasteiger partial charge is 0.226 e. The van der Waals surface area contributed by atoms with Crippen LogP contribution in [0.2, 0.25) is 0 Å². The van der Waals surface area contributed by atoms with Gasteiger partial charge in [0.1, 0.15) is 0 Å². The fraction of sp³-hybridized carbons (Fsp3) is 0.0500. The van der Waals surface area contributed by atoms with Crippen LogP contribution < -0.4 is 4.57 Å². The molecule has 0 aliphatic carbocycles. The van der Waals surface area contributed by atoms with E-state index in [-0.39, 0.29) is 0 Å². The van der Waals surface area contributed by atoms with Crippen LogP contribution in [0.25, 0.3) is 27.2 Å². The number of fused-ring (bicyclic) bond motifs is 2. The summed E-state index contributed by atoms with van der Waals surface area (Å²) < 4.78 is 2.21. The Morgan fingerprint density at radius 1 is 0.571 bits per heavy atom. The van der Waals surface area contributed by atoms with Gasteiger partial charge in [-0.25, -0.2) is 0 Å². The fourth-order valence-electron chi connectivity index (χ4n) is 3.15. The lowest BCUT2D eigenvalue weighted by atomic mass is 9.95. The van der Waals surface area contributed by atoms with Gasteiger partial charge in [0.15, 0.2) is 12.4 Å². The van der Waals surface area contributed by atoms with Gasteiger partial charge in [0.05, 0.1) is 10.8 Å². The molecule has 0 fully saturated rings. The third-order valence-corrected chi connectivity index (χ3v) is 4.15. The highest BCUT2D eigenvalue weighted by Crippen LogP contribution is 2.32. The van der Waals surface area contributed by atoms with Crippen LogP contribution in [0.4, 0.5) is 0 Å². The molecule has 1 heterocycles. The molecule has 0 amide bonds. The molecule has 0 bridgehead atoms. The molecule has 0 atom stereocenters. The number of aromatic nitrogens is 1. The fourth-order valence-corrected chi connectivity index (χ4v) is 3.15. The van der Waals surface area contributed by atoms with E-state index >= 15 is 0 Å². The van der Waals surface area contributed by atoms with Crippen molar-refractivity contribution in [2.45, 2.75) is 6.92 Å². The van der Waals surface area contributed by atoms with E-state index in [4.69, 9.17) is 0 Å². The van der Waals surface area contributed by atoms with E-state index in [1.807, 2.05) is 0 Å². The lowest BCUT2D eigenvalue weighted by Gasteiger charge is -2.10. The number of hydrogen-bond acceptors (Lipinski definition) is 0. The average molecular weight is 270 g/mol. The molecule has 1 nitrogen and oxygen atoms in total. The van der Waals surface area contributed by atoms with Crippen molar-refractivity contribution in [1.29, 1.82) is 0 Å². The van der Waals surface area contributed by atoms with Gasteiger partial charge in [-0.2, -0.15) is 4.57 Å². The van der Waals surface area contributed by atoms with E-state index in [2.05, 4.69) is 90.6 Å². The molecule has 1 heteroatoms. The van der Waals surface area contributed by atoms with Gasteiger partial charge < -0.3 is 0 Å². The van der Waals surface area contributed by atoms with Crippen molar-refractivity contribution < 1.29 is 4.57 Å². The Balaban J connectivity index is 2.28. The molecule has 0 saturated heterocycles. The average Bonchev–Trinajstić information content (AvgIpc) is 2.56. The summed E-state index contributed by atoms with van der Waals surface area (Å²) in [5, 5.41) is 5.24. The zero-order valence-electron chi connectivity index (χ0n) is 12.0. The van der Waals surface area contributed by atoms with Crippen molar-refractivity contribution in [3.8, 4) is 5.69 Å².